The third-order valence-corrected chi connectivity index (χ3v) is 8.18. The van der Waals surface area contributed by atoms with Gasteiger partial charge in [-0.15, -0.1) is 0 Å². The highest BCUT2D eigenvalue weighted by Gasteiger charge is 2.23. The molecule has 0 aliphatic heterocycles. The van der Waals surface area contributed by atoms with Gasteiger partial charge in [0.15, 0.2) is 0 Å². The largest absolute Gasteiger partial charge is 0.497 e. The Labute approximate surface area is 208 Å². The summed E-state index contributed by atoms with van der Waals surface area (Å²) < 4.78 is 37.1. The zero-order valence-electron chi connectivity index (χ0n) is 20.5. The average molecular weight is 487 g/mol. The Kier molecular flexibility index (Phi) is 6.99. The molecular formula is C30H30O4S. The molecule has 0 bridgehead atoms. The molecule has 4 rings (SSSR count). The van der Waals surface area contributed by atoms with Crippen LogP contribution in [0.25, 0.3) is 0 Å². The lowest BCUT2D eigenvalue weighted by Crippen LogP contribution is -2.18. The molecule has 0 saturated carbocycles. The van der Waals surface area contributed by atoms with Crippen LogP contribution in [0.5, 0.6) is 17.2 Å². The van der Waals surface area contributed by atoms with E-state index in [1.54, 1.807) is 43.5 Å². The minimum atomic E-state index is -3.57. The first-order chi connectivity index (χ1) is 16.7. The molecule has 0 fully saturated rings. The summed E-state index contributed by atoms with van der Waals surface area (Å²) in [4.78, 5) is 0.532. The second kappa shape index (κ2) is 9.96. The molecule has 0 aromatic heterocycles. The predicted octanol–water partition coefficient (Wildman–Crippen LogP) is 7.21. The molecule has 35 heavy (non-hydrogen) atoms. The lowest BCUT2D eigenvalue weighted by atomic mass is 9.78. The molecule has 0 aliphatic carbocycles. The third-order valence-electron chi connectivity index (χ3n) is 6.40. The van der Waals surface area contributed by atoms with E-state index in [2.05, 4.69) is 38.1 Å². The molecule has 0 amide bonds. The van der Waals surface area contributed by atoms with E-state index in [9.17, 15) is 8.42 Å². The number of methoxy groups -OCH3 is 1. The highest BCUT2D eigenvalue weighted by Crippen LogP contribution is 2.34. The summed E-state index contributed by atoms with van der Waals surface area (Å²) in [6.07, 6.45) is 0.867. The maximum absolute atomic E-state index is 12.9. The van der Waals surface area contributed by atoms with Crippen LogP contribution in [-0.4, -0.2) is 15.5 Å². The van der Waals surface area contributed by atoms with E-state index in [1.807, 2.05) is 43.3 Å². The Morgan fingerprint density at radius 1 is 0.629 bits per heavy atom. The summed E-state index contributed by atoms with van der Waals surface area (Å²) in [5, 5.41) is 0. The highest BCUT2D eigenvalue weighted by molar-refractivity contribution is 7.91. The summed E-state index contributed by atoms with van der Waals surface area (Å²) in [6.45, 7) is 6.40. The molecule has 5 heteroatoms. The van der Waals surface area contributed by atoms with Crippen LogP contribution in [0.15, 0.2) is 107 Å². The molecule has 0 N–H and O–H groups in total. The van der Waals surface area contributed by atoms with Gasteiger partial charge in [0.2, 0.25) is 9.84 Å². The van der Waals surface area contributed by atoms with Gasteiger partial charge >= 0.3 is 0 Å². The topological polar surface area (TPSA) is 52.6 Å². The molecule has 0 unspecified atom stereocenters. The Morgan fingerprint density at radius 2 is 1.03 bits per heavy atom. The van der Waals surface area contributed by atoms with Crippen LogP contribution < -0.4 is 9.47 Å². The first kappa shape index (κ1) is 24.6. The fourth-order valence-electron chi connectivity index (χ4n) is 3.98. The number of sulfone groups is 1. The van der Waals surface area contributed by atoms with E-state index >= 15 is 0 Å². The summed E-state index contributed by atoms with van der Waals surface area (Å²) in [6, 6.07) is 29.6. The maximum Gasteiger partial charge on any atom is 0.206 e. The smallest absolute Gasteiger partial charge is 0.206 e. The van der Waals surface area contributed by atoms with Crippen molar-refractivity contribution in [3.8, 4) is 17.2 Å². The molecule has 0 spiro atoms. The predicted molar refractivity (Wildman–Crippen MR) is 139 cm³/mol. The lowest BCUT2D eigenvalue weighted by Gasteiger charge is -2.26. The Hall–Kier alpha value is -3.57. The van der Waals surface area contributed by atoms with E-state index in [-0.39, 0.29) is 10.3 Å². The van der Waals surface area contributed by atoms with Gasteiger partial charge in [0.05, 0.1) is 16.9 Å². The van der Waals surface area contributed by atoms with Crippen LogP contribution in [0.3, 0.4) is 0 Å². The zero-order valence-corrected chi connectivity index (χ0v) is 21.3. The Bertz CT molecular complexity index is 1370. The van der Waals surface area contributed by atoms with Crippen LogP contribution in [0, 0.1) is 0 Å². The molecule has 0 heterocycles. The number of hydrogen-bond donors (Lipinski definition) is 0. The summed E-state index contributed by atoms with van der Waals surface area (Å²) in [5.41, 5.74) is 3.26. The van der Waals surface area contributed by atoms with E-state index < -0.39 is 9.84 Å². The number of ether oxygens (including phenoxy) is 2. The standard InChI is InChI=1S/C30H30O4S/c1-5-22-6-18-28(19-7-22)35(31,32)29-20-16-27(17-21-29)34-26-14-10-24(11-15-26)30(2,3)23-8-12-25(33-4)13-9-23/h6-21H,5H2,1-4H3. The molecular weight excluding hydrogens is 456 g/mol. The minimum Gasteiger partial charge on any atom is -0.497 e. The van der Waals surface area contributed by atoms with E-state index in [1.165, 1.54) is 5.56 Å². The van der Waals surface area contributed by atoms with Gasteiger partial charge in [-0.05, 0) is 83.8 Å². The Morgan fingerprint density at radius 3 is 1.46 bits per heavy atom. The van der Waals surface area contributed by atoms with Crippen molar-refractivity contribution in [1.82, 2.24) is 0 Å². The fraction of sp³-hybridized carbons (Fsp3) is 0.200. The van der Waals surface area contributed by atoms with Crippen LogP contribution >= 0.6 is 0 Å². The van der Waals surface area contributed by atoms with Crippen molar-refractivity contribution in [2.75, 3.05) is 7.11 Å². The third kappa shape index (κ3) is 5.25. The van der Waals surface area contributed by atoms with Crippen molar-refractivity contribution in [3.63, 3.8) is 0 Å². The normalized spacial score (nSPS) is 11.8. The van der Waals surface area contributed by atoms with Gasteiger partial charge in [-0.3, -0.25) is 0 Å². The SMILES string of the molecule is CCc1ccc(S(=O)(=O)c2ccc(Oc3ccc(C(C)(C)c4ccc(OC)cc4)cc3)cc2)cc1. The lowest BCUT2D eigenvalue weighted by molar-refractivity contribution is 0.414. The van der Waals surface area contributed by atoms with Crippen molar-refractivity contribution >= 4 is 9.84 Å². The van der Waals surface area contributed by atoms with Gasteiger partial charge < -0.3 is 9.47 Å². The van der Waals surface area contributed by atoms with Crippen LogP contribution in [-0.2, 0) is 21.7 Å². The maximum atomic E-state index is 12.9. The minimum absolute atomic E-state index is 0.184. The zero-order chi connectivity index (χ0) is 25.1. The second-order valence-electron chi connectivity index (χ2n) is 8.95. The van der Waals surface area contributed by atoms with E-state index in [0.717, 1.165) is 23.3 Å². The van der Waals surface area contributed by atoms with Crippen molar-refractivity contribution in [3.05, 3.63) is 114 Å². The molecule has 4 aromatic carbocycles. The van der Waals surface area contributed by atoms with Crippen molar-refractivity contribution in [2.45, 2.75) is 42.4 Å². The highest BCUT2D eigenvalue weighted by atomic mass is 32.2. The van der Waals surface area contributed by atoms with Gasteiger partial charge in [-0.25, -0.2) is 8.42 Å². The first-order valence-corrected chi connectivity index (χ1v) is 13.1. The Balaban J connectivity index is 1.47. The monoisotopic (exact) mass is 486 g/mol. The quantitative estimate of drug-likeness (QED) is 0.264. The number of benzene rings is 4. The summed E-state index contributed by atoms with van der Waals surface area (Å²) >= 11 is 0. The van der Waals surface area contributed by atoms with E-state index in [0.29, 0.717) is 16.4 Å². The van der Waals surface area contributed by atoms with Crippen LogP contribution in [0.2, 0.25) is 0 Å². The van der Waals surface area contributed by atoms with Gasteiger partial charge in [0.1, 0.15) is 17.2 Å². The van der Waals surface area contributed by atoms with Crippen molar-refractivity contribution in [2.24, 2.45) is 0 Å². The molecule has 0 saturated heterocycles. The van der Waals surface area contributed by atoms with Crippen molar-refractivity contribution in [1.29, 1.82) is 0 Å². The summed E-state index contributed by atoms with van der Waals surface area (Å²) in [7, 11) is -1.91. The fourth-order valence-corrected chi connectivity index (χ4v) is 5.24. The number of aryl methyl sites for hydroxylation is 1. The van der Waals surface area contributed by atoms with E-state index in [4.69, 9.17) is 9.47 Å². The number of rotatable bonds is 8. The van der Waals surface area contributed by atoms with Crippen LogP contribution in [0.4, 0.5) is 0 Å². The molecule has 4 nitrogen and oxygen atoms in total. The summed E-state index contributed by atoms with van der Waals surface area (Å²) in [5.74, 6) is 2.10. The van der Waals surface area contributed by atoms with Gasteiger partial charge in [0, 0.05) is 5.41 Å². The molecule has 0 aliphatic rings. The molecule has 180 valence electrons. The van der Waals surface area contributed by atoms with Gasteiger partial charge in [-0.1, -0.05) is 57.2 Å². The second-order valence-corrected chi connectivity index (χ2v) is 10.9. The number of hydrogen-bond acceptors (Lipinski definition) is 4. The van der Waals surface area contributed by atoms with Crippen molar-refractivity contribution < 1.29 is 17.9 Å². The molecule has 0 atom stereocenters. The first-order valence-electron chi connectivity index (χ1n) is 11.6. The molecule has 0 radical (unpaired) electrons. The van der Waals surface area contributed by atoms with Gasteiger partial charge in [0.25, 0.3) is 0 Å². The molecule has 4 aromatic rings. The van der Waals surface area contributed by atoms with Crippen LogP contribution in [0.1, 0.15) is 37.5 Å². The van der Waals surface area contributed by atoms with Gasteiger partial charge in [-0.2, -0.15) is 0 Å². The average Bonchev–Trinajstić information content (AvgIpc) is 2.89.